The zero-order valence-corrected chi connectivity index (χ0v) is 6.22. The van der Waals surface area contributed by atoms with E-state index in [0.29, 0.717) is 0 Å². The van der Waals surface area contributed by atoms with E-state index in [1.54, 1.807) is 6.08 Å². The Hall–Kier alpha value is 0.140. The topological polar surface area (TPSA) is 17.1 Å². The van der Waals surface area contributed by atoms with Gasteiger partial charge < -0.3 is 0 Å². The highest BCUT2D eigenvalue weighted by molar-refractivity contribution is 14.0. The largest absolute Gasteiger partial charge is 0.295 e. The van der Waals surface area contributed by atoms with Gasteiger partial charge in [-0.2, -0.15) is 0 Å². The summed E-state index contributed by atoms with van der Waals surface area (Å²) in [6, 6.07) is 0. The van der Waals surface area contributed by atoms with E-state index in [1.807, 2.05) is 6.08 Å². The highest BCUT2D eigenvalue weighted by atomic mass is 127. The van der Waals surface area contributed by atoms with E-state index in [-0.39, 0.29) is 29.8 Å². The molecular formula is C5H7IO. The van der Waals surface area contributed by atoms with Gasteiger partial charge in [-0.1, -0.05) is 6.08 Å². The van der Waals surface area contributed by atoms with Crippen molar-refractivity contribution in [3.05, 3.63) is 12.2 Å². The van der Waals surface area contributed by atoms with Gasteiger partial charge in [0, 0.05) is 6.42 Å². The Bertz CT molecular complexity index is 96.3. The van der Waals surface area contributed by atoms with Crippen molar-refractivity contribution in [2.24, 2.45) is 0 Å². The van der Waals surface area contributed by atoms with Crippen molar-refractivity contribution >= 4 is 29.8 Å². The maximum absolute atomic E-state index is 10.2. The van der Waals surface area contributed by atoms with E-state index in [1.165, 1.54) is 0 Å². The van der Waals surface area contributed by atoms with Crippen LogP contribution in [0.3, 0.4) is 0 Å². The van der Waals surface area contributed by atoms with Crippen molar-refractivity contribution in [3.63, 3.8) is 0 Å². The van der Waals surface area contributed by atoms with Crippen LogP contribution in [0.4, 0.5) is 0 Å². The Labute approximate surface area is 59.8 Å². The van der Waals surface area contributed by atoms with Crippen LogP contribution < -0.4 is 0 Å². The third-order valence-electron chi connectivity index (χ3n) is 0.861. The van der Waals surface area contributed by atoms with E-state index < -0.39 is 0 Å². The molecule has 0 N–H and O–H groups in total. The molecule has 1 rings (SSSR count). The molecule has 0 aliphatic heterocycles. The fourth-order valence-electron chi connectivity index (χ4n) is 0.524. The lowest BCUT2D eigenvalue weighted by Gasteiger charge is -1.71. The molecule has 2 heteroatoms. The minimum Gasteiger partial charge on any atom is -0.295 e. The van der Waals surface area contributed by atoms with Crippen LogP contribution in [-0.4, -0.2) is 5.78 Å². The molecule has 7 heavy (non-hydrogen) atoms. The highest BCUT2D eigenvalue weighted by Gasteiger charge is 1.98. The maximum Gasteiger partial charge on any atom is 0.155 e. The highest BCUT2D eigenvalue weighted by Crippen LogP contribution is 2.01. The minimum absolute atomic E-state index is 0. The molecule has 0 aromatic rings. The van der Waals surface area contributed by atoms with Crippen LogP contribution in [0.2, 0.25) is 0 Å². The van der Waals surface area contributed by atoms with Gasteiger partial charge in [-0.05, 0) is 12.5 Å². The molecule has 0 saturated carbocycles. The van der Waals surface area contributed by atoms with E-state index in [9.17, 15) is 4.79 Å². The summed E-state index contributed by atoms with van der Waals surface area (Å²) in [7, 11) is 0. The molecule has 1 aliphatic rings. The first kappa shape index (κ1) is 7.14. The molecule has 0 aromatic carbocycles. The van der Waals surface area contributed by atoms with E-state index in [4.69, 9.17) is 0 Å². The van der Waals surface area contributed by atoms with E-state index in [2.05, 4.69) is 0 Å². The number of allylic oxidation sites excluding steroid dienone is 2. The van der Waals surface area contributed by atoms with Gasteiger partial charge >= 0.3 is 0 Å². The molecular weight excluding hydrogens is 203 g/mol. The van der Waals surface area contributed by atoms with E-state index in [0.717, 1.165) is 12.8 Å². The second-order valence-corrected chi connectivity index (χ2v) is 1.41. The molecule has 1 aliphatic carbocycles. The molecule has 0 unspecified atom stereocenters. The lowest BCUT2D eigenvalue weighted by Crippen LogP contribution is -1.80. The summed E-state index contributed by atoms with van der Waals surface area (Å²) in [6.45, 7) is 0. The average molecular weight is 210 g/mol. The van der Waals surface area contributed by atoms with Crippen LogP contribution in [0.1, 0.15) is 12.8 Å². The van der Waals surface area contributed by atoms with Crippen molar-refractivity contribution < 1.29 is 4.79 Å². The monoisotopic (exact) mass is 210 g/mol. The van der Waals surface area contributed by atoms with Crippen molar-refractivity contribution in [2.75, 3.05) is 0 Å². The number of carbonyl (C=O) groups is 1. The first-order valence-electron chi connectivity index (χ1n) is 2.09. The number of ketones is 1. The third-order valence-corrected chi connectivity index (χ3v) is 0.861. The van der Waals surface area contributed by atoms with Gasteiger partial charge in [0.2, 0.25) is 0 Å². The Morgan fingerprint density at radius 3 is 2.43 bits per heavy atom. The summed E-state index contributed by atoms with van der Waals surface area (Å²) < 4.78 is 0. The normalized spacial score (nSPS) is 16.9. The van der Waals surface area contributed by atoms with Crippen LogP contribution in [0.15, 0.2) is 12.2 Å². The van der Waals surface area contributed by atoms with Gasteiger partial charge in [-0.3, -0.25) is 4.79 Å². The predicted molar refractivity (Wildman–Crippen MR) is 38.8 cm³/mol. The molecule has 0 bridgehead atoms. The summed E-state index contributed by atoms with van der Waals surface area (Å²) in [4.78, 5) is 10.2. The molecule has 1 nitrogen and oxygen atoms in total. The quantitative estimate of drug-likeness (QED) is 0.554. The first-order valence-corrected chi connectivity index (χ1v) is 2.09. The molecule has 0 heterocycles. The lowest BCUT2D eigenvalue weighted by atomic mass is 10.3. The number of carbonyl (C=O) groups excluding carboxylic acids is 1. The molecule has 0 atom stereocenters. The van der Waals surface area contributed by atoms with Gasteiger partial charge in [-0.25, -0.2) is 0 Å². The smallest absolute Gasteiger partial charge is 0.155 e. The Morgan fingerprint density at radius 1 is 1.57 bits per heavy atom. The van der Waals surface area contributed by atoms with Crippen molar-refractivity contribution in [1.29, 1.82) is 0 Å². The van der Waals surface area contributed by atoms with Crippen LogP contribution in [-0.2, 0) is 4.79 Å². The average Bonchev–Trinajstić information content (AvgIpc) is 1.86. The molecule has 40 valence electrons. The Balaban J connectivity index is 0.000000360. The Kier molecular flexibility index (Phi) is 3.25. The van der Waals surface area contributed by atoms with Crippen molar-refractivity contribution in [1.82, 2.24) is 0 Å². The van der Waals surface area contributed by atoms with Crippen LogP contribution in [0.5, 0.6) is 0 Å². The van der Waals surface area contributed by atoms with Crippen molar-refractivity contribution in [3.8, 4) is 0 Å². The Morgan fingerprint density at radius 2 is 2.29 bits per heavy atom. The molecule has 0 radical (unpaired) electrons. The van der Waals surface area contributed by atoms with Gasteiger partial charge in [0.25, 0.3) is 0 Å². The summed E-state index contributed by atoms with van der Waals surface area (Å²) in [5.41, 5.74) is 0. The number of hydrogen-bond donors (Lipinski definition) is 0. The van der Waals surface area contributed by atoms with Crippen LogP contribution in [0, 0.1) is 0 Å². The zero-order valence-electron chi connectivity index (χ0n) is 3.89. The summed E-state index contributed by atoms with van der Waals surface area (Å²) in [5.74, 6) is 0.273. The molecule has 0 aromatic heterocycles. The van der Waals surface area contributed by atoms with Crippen LogP contribution in [0.25, 0.3) is 0 Å². The molecule has 0 saturated heterocycles. The second kappa shape index (κ2) is 3.18. The van der Waals surface area contributed by atoms with Gasteiger partial charge in [0.15, 0.2) is 5.78 Å². The molecule has 0 fully saturated rings. The minimum atomic E-state index is 0. The standard InChI is InChI=1S/C5H6O.HI/c6-5-3-1-2-4-5;/h1,3H,2,4H2;1H. The van der Waals surface area contributed by atoms with Crippen LogP contribution >= 0.6 is 24.0 Å². The number of hydrogen-bond acceptors (Lipinski definition) is 1. The number of rotatable bonds is 0. The third kappa shape index (κ3) is 2.06. The fourth-order valence-corrected chi connectivity index (χ4v) is 0.524. The van der Waals surface area contributed by atoms with Crippen molar-refractivity contribution in [2.45, 2.75) is 12.8 Å². The lowest BCUT2D eigenvalue weighted by molar-refractivity contribution is -0.114. The second-order valence-electron chi connectivity index (χ2n) is 1.41. The first-order chi connectivity index (χ1) is 2.89. The van der Waals surface area contributed by atoms with Gasteiger partial charge in [0.1, 0.15) is 0 Å². The summed E-state index contributed by atoms with van der Waals surface area (Å²) >= 11 is 0. The van der Waals surface area contributed by atoms with E-state index >= 15 is 0 Å². The predicted octanol–water partition coefficient (Wildman–Crippen LogP) is 1.52. The zero-order chi connectivity index (χ0) is 4.41. The fraction of sp³-hybridized carbons (Fsp3) is 0.400. The SMILES string of the molecule is I.O=C1C=CCC1. The maximum atomic E-state index is 10.2. The summed E-state index contributed by atoms with van der Waals surface area (Å²) in [5, 5.41) is 0. The van der Waals surface area contributed by atoms with Gasteiger partial charge in [-0.15, -0.1) is 24.0 Å². The molecule has 0 amide bonds. The number of halogens is 1. The van der Waals surface area contributed by atoms with Gasteiger partial charge in [0.05, 0.1) is 0 Å². The molecule has 0 spiro atoms. The summed E-state index contributed by atoms with van der Waals surface area (Å²) in [6.07, 6.45) is 5.24.